The molecule has 3 aromatic carbocycles. The Kier molecular flexibility index (Phi) is 5.82. The van der Waals surface area contributed by atoms with Crippen molar-refractivity contribution in [3.05, 3.63) is 90.2 Å². The van der Waals surface area contributed by atoms with Gasteiger partial charge in [-0.25, -0.2) is 9.38 Å². The van der Waals surface area contributed by atoms with Crippen LogP contribution in [0.15, 0.2) is 70.4 Å². The summed E-state index contributed by atoms with van der Waals surface area (Å²) < 4.78 is 39.1. The highest BCUT2D eigenvalue weighted by Gasteiger charge is 2.22. The smallest absolute Gasteiger partial charge is 0.339 e. The molecule has 0 bridgehead atoms. The zero-order valence-electron chi connectivity index (χ0n) is 18.0. The van der Waals surface area contributed by atoms with E-state index in [-0.39, 0.29) is 22.0 Å². The highest BCUT2D eigenvalue weighted by molar-refractivity contribution is 14.1. The third kappa shape index (κ3) is 4.05. The lowest BCUT2D eigenvalue weighted by molar-refractivity contribution is 0.389. The molecule has 0 unspecified atom stereocenters. The van der Waals surface area contributed by atoms with Gasteiger partial charge in [0.05, 0.1) is 26.2 Å². The van der Waals surface area contributed by atoms with Gasteiger partial charge in [0.25, 0.3) is 5.56 Å². The van der Waals surface area contributed by atoms with Gasteiger partial charge in [-0.2, -0.15) is 8.42 Å². The minimum absolute atomic E-state index is 0.0525. The molecule has 34 heavy (non-hydrogen) atoms. The lowest BCUT2D eigenvalue weighted by atomic mass is 10.2. The third-order valence-electron chi connectivity index (χ3n) is 5.20. The Bertz CT molecular complexity index is 1770. The van der Waals surface area contributed by atoms with Gasteiger partial charge in [-0.1, -0.05) is 41.2 Å². The fourth-order valence-electron chi connectivity index (χ4n) is 3.53. The Morgan fingerprint density at radius 1 is 1.09 bits per heavy atom. The van der Waals surface area contributed by atoms with Crippen LogP contribution >= 0.6 is 33.9 Å². The van der Waals surface area contributed by atoms with Crippen molar-refractivity contribution in [2.75, 3.05) is 7.11 Å². The van der Waals surface area contributed by atoms with Crippen molar-refractivity contribution in [3.63, 3.8) is 0 Å². The monoisotopic (exact) mass is 604 g/mol. The molecule has 172 valence electrons. The van der Waals surface area contributed by atoms with Crippen LogP contribution in [-0.4, -0.2) is 24.9 Å². The number of rotatable bonds is 5. The second kappa shape index (κ2) is 8.67. The number of fused-ring (bicyclic) bond motifs is 3. The summed E-state index contributed by atoms with van der Waals surface area (Å²) >= 11 is 3.28. The first-order valence-electron chi connectivity index (χ1n) is 10.1. The topological polar surface area (TPSA) is 87.0 Å². The molecular weight excluding hydrogens is 587 g/mol. The van der Waals surface area contributed by atoms with E-state index in [9.17, 15) is 13.2 Å². The molecule has 2 heterocycles. The van der Waals surface area contributed by atoms with E-state index < -0.39 is 10.1 Å². The third-order valence-corrected chi connectivity index (χ3v) is 8.20. The van der Waals surface area contributed by atoms with E-state index in [2.05, 4.69) is 4.98 Å². The number of aromatic nitrogens is 2. The first-order valence-corrected chi connectivity index (χ1v) is 13.4. The van der Waals surface area contributed by atoms with Crippen LogP contribution in [0.3, 0.4) is 0 Å². The summed E-state index contributed by atoms with van der Waals surface area (Å²) in [6, 6.07) is 17.3. The van der Waals surface area contributed by atoms with Crippen LogP contribution in [0.1, 0.15) is 11.1 Å². The first kappa shape index (κ1) is 22.8. The maximum Gasteiger partial charge on any atom is 0.339 e. The van der Waals surface area contributed by atoms with Gasteiger partial charge in [0, 0.05) is 0 Å². The molecule has 0 spiro atoms. The largest absolute Gasteiger partial charge is 0.493 e. The summed E-state index contributed by atoms with van der Waals surface area (Å²) in [5, 5.41) is 0. The molecule has 7 nitrogen and oxygen atoms in total. The fraction of sp³-hybridized carbons (Fsp3) is 0.0833. The quantitative estimate of drug-likeness (QED) is 0.222. The van der Waals surface area contributed by atoms with Crippen molar-refractivity contribution in [3.8, 4) is 11.5 Å². The van der Waals surface area contributed by atoms with E-state index in [1.165, 1.54) is 30.6 Å². The zero-order valence-corrected chi connectivity index (χ0v) is 21.8. The number of methoxy groups -OCH3 is 1. The van der Waals surface area contributed by atoms with Crippen LogP contribution in [0.2, 0.25) is 0 Å². The van der Waals surface area contributed by atoms with Gasteiger partial charge in [0.2, 0.25) is 0 Å². The summed E-state index contributed by atoms with van der Waals surface area (Å²) in [4.78, 5) is 18.2. The molecule has 0 atom stereocenters. The van der Waals surface area contributed by atoms with Gasteiger partial charge < -0.3 is 8.92 Å². The lowest BCUT2D eigenvalue weighted by Crippen LogP contribution is -2.22. The molecule has 0 radical (unpaired) electrons. The molecule has 10 heteroatoms. The standard InChI is InChI=1S/C24H17IN2O5S2/c1-14-7-9-16(10-8-14)34(29,30)32-22-17(25)11-15(12-20(22)31-2)13-21-23(28)27-19-6-4-3-5-18(19)26-24(27)33-21/h3-13H,1-2H3. The number of para-hydroxylation sites is 2. The molecule has 0 aliphatic rings. The Hall–Kier alpha value is -2.96. The lowest BCUT2D eigenvalue weighted by Gasteiger charge is -2.13. The average Bonchev–Trinajstić information content (AvgIpc) is 3.31. The summed E-state index contributed by atoms with van der Waals surface area (Å²) in [5.41, 5.74) is 2.98. The van der Waals surface area contributed by atoms with E-state index in [4.69, 9.17) is 8.92 Å². The number of hydrogen-bond acceptors (Lipinski definition) is 7. The predicted octanol–water partition coefficient (Wildman–Crippen LogP) is 4.15. The summed E-state index contributed by atoms with van der Waals surface area (Å²) in [5.74, 6) is 0.336. The predicted molar refractivity (Wildman–Crippen MR) is 140 cm³/mol. The van der Waals surface area contributed by atoms with Crippen LogP contribution in [-0.2, 0) is 10.1 Å². The number of thiazole rings is 1. The van der Waals surface area contributed by atoms with Gasteiger partial charge in [-0.3, -0.25) is 4.79 Å². The first-order chi connectivity index (χ1) is 16.3. The summed E-state index contributed by atoms with van der Waals surface area (Å²) in [6.07, 6.45) is 1.74. The normalized spacial score (nSPS) is 12.5. The van der Waals surface area contributed by atoms with Crippen LogP contribution in [0.5, 0.6) is 11.5 Å². The second-order valence-electron chi connectivity index (χ2n) is 7.52. The van der Waals surface area contributed by atoms with Gasteiger partial charge in [-0.05, 0) is 77.6 Å². The molecule has 0 N–H and O–H groups in total. The molecule has 0 saturated carbocycles. The Labute approximate surface area is 212 Å². The minimum Gasteiger partial charge on any atom is -0.493 e. The van der Waals surface area contributed by atoms with Crippen LogP contribution < -0.4 is 19.0 Å². The highest BCUT2D eigenvalue weighted by atomic mass is 127. The zero-order chi connectivity index (χ0) is 24.0. The maximum atomic E-state index is 13.0. The average molecular weight is 604 g/mol. The Morgan fingerprint density at radius 2 is 1.82 bits per heavy atom. The number of imidazole rings is 1. The van der Waals surface area contributed by atoms with Crippen molar-refractivity contribution < 1.29 is 17.3 Å². The SMILES string of the molecule is COc1cc(C=c2sc3nc4ccccc4n3c2=O)cc(I)c1OS(=O)(=O)c1ccc(C)cc1. The van der Waals surface area contributed by atoms with Crippen molar-refractivity contribution in [2.45, 2.75) is 11.8 Å². The summed E-state index contributed by atoms with van der Waals surface area (Å²) in [6.45, 7) is 1.87. The van der Waals surface area contributed by atoms with Crippen molar-refractivity contribution in [1.82, 2.24) is 9.38 Å². The molecule has 5 rings (SSSR count). The number of hydrogen-bond donors (Lipinski definition) is 0. The Morgan fingerprint density at radius 3 is 2.56 bits per heavy atom. The van der Waals surface area contributed by atoms with Gasteiger partial charge in [0.1, 0.15) is 4.90 Å². The molecule has 0 fully saturated rings. The van der Waals surface area contributed by atoms with Crippen molar-refractivity contribution in [1.29, 1.82) is 0 Å². The number of ether oxygens (including phenoxy) is 1. The second-order valence-corrected chi connectivity index (χ2v) is 11.2. The van der Waals surface area contributed by atoms with E-state index in [0.29, 0.717) is 18.6 Å². The van der Waals surface area contributed by atoms with Crippen molar-refractivity contribution in [2.24, 2.45) is 0 Å². The van der Waals surface area contributed by atoms with Gasteiger partial charge >= 0.3 is 10.1 Å². The minimum atomic E-state index is -4.05. The van der Waals surface area contributed by atoms with Gasteiger partial charge in [0.15, 0.2) is 16.5 Å². The van der Waals surface area contributed by atoms with Crippen LogP contribution in [0.4, 0.5) is 0 Å². The molecule has 0 aliphatic carbocycles. The molecule has 5 aromatic rings. The number of benzene rings is 3. The molecule has 0 amide bonds. The summed E-state index contributed by atoms with van der Waals surface area (Å²) in [7, 11) is -2.61. The molecule has 2 aromatic heterocycles. The number of aryl methyl sites for hydroxylation is 1. The van der Waals surface area contributed by atoms with Gasteiger partial charge in [-0.15, -0.1) is 0 Å². The van der Waals surface area contributed by atoms with Crippen molar-refractivity contribution >= 4 is 66.1 Å². The molecule has 0 aliphatic heterocycles. The van der Waals surface area contributed by atoms with Crippen LogP contribution in [0.25, 0.3) is 22.1 Å². The number of halogens is 1. The highest BCUT2D eigenvalue weighted by Crippen LogP contribution is 2.36. The van der Waals surface area contributed by atoms with E-state index in [0.717, 1.165) is 16.6 Å². The van der Waals surface area contributed by atoms with Crippen LogP contribution in [0, 0.1) is 10.5 Å². The maximum absolute atomic E-state index is 13.0. The van der Waals surface area contributed by atoms with E-state index in [1.54, 1.807) is 34.7 Å². The van der Waals surface area contributed by atoms with E-state index in [1.807, 2.05) is 53.8 Å². The molecular formula is C24H17IN2O5S2. The number of nitrogens with zero attached hydrogens (tertiary/aromatic N) is 2. The Balaban J connectivity index is 1.57. The van der Waals surface area contributed by atoms with E-state index >= 15 is 0 Å². The molecule has 0 saturated heterocycles. The fourth-order valence-corrected chi connectivity index (χ4v) is 6.36.